The van der Waals surface area contributed by atoms with Gasteiger partial charge in [-0.2, -0.15) is 5.10 Å². The molecule has 0 saturated carbocycles. The number of hydrogen-bond donors (Lipinski definition) is 1. The van der Waals surface area contributed by atoms with Gasteiger partial charge in [0.25, 0.3) is 5.56 Å². The zero-order valence-corrected chi connectivity index (χ0v) is 16.5. The van der Waals surface area contributed by atoms with Crippen LogP contribution < -0.4 is 10.9 Å². The van der Waals surface area contributed by atoms with Crippen LogP contribution in [0, 0.1) is 6.92 Å². The molecule has 0 unspecified atom stereocenters. The van der Waals surface area contributed by atoms with Gasteiger partial charge in [-0.25, -0.2) is 4.68 Å². The summed E-state index contributed by atoms with van der Waals surface area (Å²) >= 11 is 0. The van der Waals surface area contributed by atoms with Crippen LogP contribution in [0.25, 0.3) is 16.6 Å². The first-order chi connectivity index (χ1) is 12.8. The van der Waals surface area contributed by atoms with E-state index >= 15 is 0 Å². The molecule has 27 heavy (non-hydrogen) atoms. The van der Waals surface area contributed by atoms with Gasteiger partial charge in [-0.05, 0) is 34.6 Å². The van der Waals surface area contributed by atoms with Gasteiger partial charge in [0.05, 0.1) is 11.8 Å². The average molecular weight is 373 g/mol. The number of rotatable bonds is 7. The minimum absolute atomic E-state index is 0.105. The standard InChI is InChI=1S/C19H27N5O3/c1-12(2)22(13(3)4)8-7-20-18(25)11-23-19(26)16-10-17-15(6-9-27-17)24(16)14(5)21-23/h6,9-10,12-13H,7-8,11H2,1-5H3,(H,20,25). The number of carbonyl (C=O) groups is 1. The minimum Gasteiger partial charge on any atom is -0.463 e. The number of furan rings is 1. The van der Waals surface area contributed by atoms with Crippen molar-refractivity contribution in [3.8, 4) is 0 Å². The molecule has 3 aromatic heterocycles. The Balaban J connectivity index is 1.72. The number of aromatic nitrogens is 3. The first kappa shape index (κ1) is 19.2. The SMILES string of the molecule is Cc1nn(CC(=O)NCCN(C(C)C)C(C)C)c(=O)c2cc3occc3n12. The lowest BCUT2D eigenvalue weighted by Gasteiger charge is -2.30. The zero-order chi connectivity index (χ0) is 19.7. The molecule has 3 heterocycles. The summed E-state index contributed by atoms with van der Waals surface area (Å²) in [4.78, 5) is 27.3. The predicted molar refractivity (Wildman–Crippen MR) is 104 cm³/mol. The van der Waals surface area contributed by atoms with E-state index < -0.39 is 0 Å². The van der Waals surface area contributed by atoms with Crippen LogP contribution in [-0.4, -0.2) is 50.2 Å². The van der Waals surface area contributed by atoms with Crippen molar-refractivity contribution in [2.24, 2.45) is 0 Å². The van der Waals surface area contributed by atoms with Gasteiger partial charge in [0.15, 0.2) is 5.58 Å². The van der Waals surface area contributed by atoms with Crippen molar-refractivity contribution in [1.82, 2.24) is 24.4 Å². The molecular formula is C19H27N5O3. The fourth-order valence-electron chi connectivity index (χ4n) is 3.56. The third-order valence-corrected chi connectivity index (χ3v) is 4.78. The maximum Gasteiger partial charge on any atom is 0.291 e. The molecule has 0 aliphatic rings. The molecule has 3 rings (SSSR count). The van der Waals surface area contributed by atoms with Gasteiger partial charge in [0.2, 0.25) is 5.91 Å². The van der Waals surface area contributed by atoms with Crippen molar-refractivity contribution >= 4 is 22.5 Å². The molecule has 1 amide bonds. The number of carbonyl (C=O) groups excluding carboxylic acids is 1. The molecular weight excluding hydrogens is 346 g/mol. The molecule has 0 fully saturated rings. The Kier molecular flexibility index (Phi) is 5.36. The number of amides is 1. The van der Waals surface area contributed by atoms with E-state index in [1.165, 1.54) is 4.68 Å². The van der Waals surface area contributed by atoms with E-state index in [4.69, 9.17) is 4.42 Å². The largest absolute Gasteiger partial charge is 0.463 e. The predicted octanol–water partition coefficient (Wildman–Crippen LogP) is 1.79. The molecule has 3 aromatic rings. The topological polar surface area (TPSA) is 84.8 Å². The van der Waals surface area contributed by atoms with Gasteiger partial charge in [-0.3, -0.25) is 18.9 Å². The second-order valence-electron chi connectivity index (χ2n) is 7.32. The van der Waals surface area contributed by atoms with E-state index in [9.17, 15) is 9.59 Å². The summed E-state index contributed by atoms with van der Waals surface area (Å²) in [6.07, 6.45) is 1.58. The Morgan fingerprint density at radius 1 is 1.26 bits per heavy atom. The van der Waals surface area contributed by atoms with E-state index in [-0.39, 0.29) is 18.0 Å². The molecule has 1 N–H and O–H groups in total. The molecule has 0 spiro atoms. The van der Waals surface area contributed by atoms with Crippen molar-refractivity contribution in [2.75, 3.05) is 13.1 Å². The molecule has 0 aromatic carbocycles. The lowest BCUT2D eigenvalue weighted by atomic mass is 10.2. The van der Waals surface area contributed by atoms with E-state index in [0.29, 0.717) is 35.6 Å². The van der Waals surface area contributed by atoms with Crippen LogP contribution in [0.1, 0.15) is 33.5 Å². The van der Waals surface area contributed by atoms with E-state index in [1.807, 2.05) is 0 Å². The van der Waals surface area contributed by atoms with Crippen LogP contribution in [0.4, 0.5) is 0 Å². The molecule has 0 saturated heterocycles. The fraction of sp³-hybridized carbons (Fsp3) is 0.526. The number of nitrogens with zero attached hydrogens (tertiary/aromatic N) is 4. The average Bonchev–Trinajstić information content (AvgIpc) is 3.16. The highest BCUT2D eigenvalue weighted by molar-refractivity contribution is 5.82. The van der Waals surface area contributed by atoms with Gasteiger partial charge in [0.1, 0.15) is 17.9 Å². The summed E-state index contributed by atoms with van der Waals surface area (Å²) in [5.74, 6) is 0.399. The van der Waals surface area contributed by atoms with Crippen LogP contribution >= 0.6 is 0 Å². The van der Waals surface area contributed by atoms with Gasteiger partial charge >= 0.3 is 0 Å². The zero-order valence-electron chi connectivity index (χ0n) is 16.5. The van der Waals surface area contributed by atoms with E-state index in [1.54, 1.807) is 29.7 Å². The highest BCUT2D eigenvalue weighted by atomic mass is 16.3. The molecule has 8 nitrogen and oxygen atoms in total. The fourth-order valence-corrected chi connectivity index (χ4v) is 3.56. The van der Waals surface area contributed by atoms with Gasteiger partial charge in [-0.15, -0.1) is 0 Å². The molecule has 8 heteroatoms. The number of hydrogen-bond acceptors (Lipinski definition) is 5. The monoisotopic (exact) mass is 373 g/mol. The number of fused-ring (bicyclic) bond motifs is 3. The molecule has 0 atom stereocenters. The molecule has 146 valence electrons. The van der Waals surface area contributed by atoms with Gasteiger partial charge in [-0.1, -0.05) is 0 Å². The molecule has 0 aliphatic carbocycles. The second-order valence-corrected chi connectivity index (χ2v) is 7.32. The first-order valence-electron chi connectivity index (χ1n) is 9.28. The van der Waals surface area contributed by atoms with Gasteiger partial charge in [0, 0.05) is 37.3 Å². The Labute approximate surface area is 157 Å². The first-order valence-corrected chi connectivity index (χ1v) is 9.28. The minimum atomic E-state index is -0.312. The highest BCUT2D eigenvalue weighted by Gasteiger charge is 2.16. The summed E-state index contributed by atoms with van der Waals surface area (Å²) in [5, 5.41) is 7.18. The van der Waals surface area contributed by atoms with Crippen LogP contribution in [0.15, 0.2) is 27.6 Å². The van der Waals surface area contributed by atoms with Crippen LogP contribution in [0.5, 0.6) is 0 Å². The van der Waals surface area contributed by atoms with Crippen molar-refractivity contribution in [3.05, 3.63) is 34.6 Å². The van der Waals surface area contributed by atoms with Crippen molar-refractivity contribution in [2.45, 2.75) is 53.2 Å². The number of aryl methyl sites for hydroxylation is 1. The van der Waals surface area contributed by atoms with Crippen LogP contribution in [-0.2, 0) is 11.3 Å². The van der Waals surface area contributed by atoms with Crippen molar-refractivity contribution < 1.29 is 9.21 Å². The summed E-state index contributed by atoms with van der Waals surface area (Å²) in [7, 11) is 0. The summed E-state index contributed by atoms with van der Waals surface area (Å²) < 4.78 is 8.33. The molecule has 0 aliphatic heterocycles. The lowest BCUT2D eigenvalue weighted by Crippen LogP contribution is -2.43. The van der Waals surface area contributed by atoms with Crippen LogP contribution in [0.2, 0.25) is 0 Å². The third kappa shape index (κ3) is 3.75. The van der Waals surface area contributed by atoms with Crippen molar-refractivity contribution in [1.29, 1.82) is 0 Å². The van der Waals surface area contributed by atoms with Crippen molar-refractivity contribution in [3.63, 3.8) is 0 Å². The Bertz CT molecular complexity index is 1000. The maximum absolute atomic E-state index is 12.7. The maximum atomic E-state index is 12.7. The molecule has 0 radical (unpaired) electrons. The van der Waals surface area contributed by atoms with Crippen LogP contribution in [0.3, 0.4) is 0 Å². The third-order valence-electron chi connectivity index (χ3n) is 4.78. The quantitative estimate of drug-likeness (QED) is 0.682. The Morgan fingerprint density at radius 3 is 2.63 bits per heavy atom. The Hall–Kier alpha value is -2.61. The lowest BCUT2D eigenvalue weighted by molar-refractivity contribution is -0.122. The summed E-state index contributed by atoms with van der Waals surface area (Å²) in [6, 6.07) is 4.29. The van der Waals surface area contributed by atoms with Gasteiger partial charge < -0.3 is 9.73 Å². The summed E-state index contributed by atoms with van der Waals surface area (Å²) in [6.45, 7) is 11.5. The highest BCUT2D eigenvalue weighted by Crippen LogP contribution is 2.19. The summed E-state index contributed by atoms with van der Waals surface area (Å²) in [5.41, 5.74) is 1.57. The smallest absolute Gasteiger partial charge is 0.291 e. The molecule has 0 bridgehead atoms. The number of nitrogens with one attached hydrogen (secondary N) is 1. The normalized spacial score (nSPS) is 12.1. The van der Waals surface area contributed by atoms with E-state index in [0.717, 1.165) is 12.1 Å². The Morgan fingerprint density at radius 2 is 1.96 bits per heavy atom. The van der Waals surface area contributed by atoms with E-state index in [2.05, 4.69) is 43.0 Å². The second kappa shape index (κ2) is 7.56.